The van der Waals surface area contributed by atoms with Crippen molar-refractivity contribution in [2.45, 2.75) is 31.4 Å². The van der Waals surface area contributed by atoms with Crippen LogP contribution in [0.4, 0.5) is 5.69 Å². The van der Waals surface area contributed by atoms with E-state index in [1.54, 1.807) is 0 Å². The summed E-state index contributed by atoms with van der Waals surface area (Å²) in [5, 5.41) is 9.97. The van der Waals surface area contributed by atoms with Gasteiger partial charge in [-0.25, -0.2) is 0 Å². The lowest BCUT2D eigenvalue weighted by atomic mass is 10.0. The molecule has 2 aliphatic heterocycles. The lowest BCUT2D eigenvalue weighted by Crippen LogP contribution is -2.42. The second kappa shape index (κ2) is 10.9. The van der Waals surface area contributed by atoms with E-state index in [1.807, 2.05) is 35.2 Å². The minimum atomic E-state index is -0.278. The van der Waals surface area contributed by atoms with Crippen LogP contribution in [0.3, 0.4) is 0 Å². The lowest BCUT2D eigenvalue weighted by molar-refractivity contribution is -0.134. The number of alkyl halides is 1. The predicted octanol–water partition coefficient (Wildman–Crippen LogP) is 3.48. The highest BCUT2D eigenvalue weighted by Crippen LogP contribution is 2.35. The number of nitrogens with zero attached hydrogens (tertiary/aromatic N) is 3. The number of hydrogen-bond donors (Lipinski definition) is 1. The molecule has 1 unspecified atom stereocenters. The number of para-hydroxylation sites is 1. The van der Waals surface area contributed by atoms with E-state index in [-0.39, 0.29) is 24.7 Å². The average molecular weight is 549 g/mol. The van der Waals surface area contributed by atoms with Gasteiger partial charge in [0, 0.05) is 33.2 Å². The van der Waals surface area contributed by atoms with Crippen LogP contribution in [0.15, 0.2) is 48.5 Å². The van der Waals surface area contributed by atoms with Crippen LogP contribution in [-0.2, 0) is 11.2 Å². The van der Waals surface area contributed by atoms with Crippen LogP contribution in [0, 0.1) is 0 Å². The molecule has 2 atom stereocenters. The zero-order chi connectivity index (χ0) is 22.5. The molecule has 32 heavy (non-hydrogen) atoms. The number of aliphatic hydroxyl groups is 1. The number of aliphatic hydroxyl groups excluding tert-OH is 1. The van der Waals surface area contributed by atoms with Crippen molar-refractivity contribution in [3.05, 3.63) is 59.7 Å². The Balaban J connectivity index is 1.50. The Morgan fingerprint density at radius 3 is 2.75 bits per heavy atom. The van der Waals surface area contributed by atoms with E-state index in [1.165, 1.54) is 5.56 Å². The monoisotopic (exact) mass is 549 g/mol. The first-order valence-electron chi connectivity index (χ1n) is 11.3. The number of β-amino-alcohol motifs (C(OH)–C–C–N with tert-alkyl or cyclic N) is 1. The highest BCUT2D eigenvalue weighted by molar-refractivity contribution is 14.1. The summed E-state index contributed by atoms with van der Waals surface area (Å²) in [5.74, 6) is 0.759. The minimum absolute atomic E-state index is 0.0131. The average Bonchev–Trinajstić information content (AvgIpc) is 3.22. The largest absolute Gasteiger partial charge is 0.482 e. The summed E-state index contributed by atoms with van der Waals surface area (Å²) in [6.45, 7) is 3.23. The number of aryl methyl sites for hydroxylation is 1. The van der Waals surface area contributed by atoms with Gasteiger partial charge in [0.15, 0.2) is 6.61 Å². The molecular formula is C25H32IN3O3. The fraction of sp³-hybridized carbons (Fsp3) is 0.480. The molecule has 2 aromatic carbocycles. The van der Waals surface area contributed by atoms with Crippen molar-refractivity contribution in [1.82, 2.24) is 9.80 Å². The van der Waals surface area contributed by atoms with Gasteiger partial charge < -0.3 is 19.6 Å². The molecule has 0 radical (unpaired) electrons. The Hall–Kier alpha value is -1.84. The van der Waals surface area contributed by atoms with E-state index in [9.17, 15) is 9.90 Å². The molecule has 2 aromatic rings. The van der Waals surface area contributed by atoms with Gasteiger partial charge in [0.25, 0.3) is 5.91 Å². The van der Waals surface area contributed by atoms with Crippen LogP contribution in [-0.4, -0.2) is 71.3 Å². The summed E-state index contributed by atoms with van der Waals surface area (Å²) in [6.07, 6.45) is 2.69. The number of rotatable bonds is 8. The first kappa shape index (κ1) is 23.3. The van der Waals surface area contributed by atoms with Crippen molar-refractivity contribution in [2.24, 2.45) is 0 Å². The number of carbonyl (C=O) groups excluding carboxylic acids is 1. The number of fused-ring (bicyclic) bond motifs is 1. The van der Waals surface area contributed by atoms with Crippen molar-refractivity contribution >= 4 is 34.2 Å². The van der Waals surface area contributed by atoms with Gasteiger partial charge in [0.1, 0.15) is 5.75 Å². The fourth-order valence-electron chi connectivity index (χ4n) is 4.77. The summed E-state index contributed by atoms with van der Waals surface area (Å²) in [4.78, 5) is 19.7. The highest BCUT2D eigenvalue weighted by atomic mass is 127. The number of benzene rings is 2. The van der Waals surface area contributed by atoms with Gasteiger partial charge in [-0.2, -0.15) is 0 Å². The number of likely N-dealkylation sites (tertiary alicyclic amines) is 1. The predicted molar refractivity (Wildman–Crippen MR) is 136 cm³/mol. The molecule has 1 saturated heterocycles. The number of anilines is 1. The van der Waals surface area contributed by atoms with Crippen LogP contribution >= 0.6 is 22.6 Å². The molecule has 6 nitrogen and oxygen atoms in total. The van der Waals surface area contributed by atoms with E-state index in [2.05, 4.69) is 57.6 Å². The standard InChI is InChI=1S/C25H32IN3O3/c1-27-13-6-10-20-9-5-11-23(25(20)27)32-17-24(31)29(18-26)22(19-7-3-2-4-8-19)16-28-14-12-21(30)15-28/h2-5,7-9,11,21-22,30H,6,10,12-18H2,1H3/t21-,22?/m0/s1. The maximum atomic E-state index is 13.4. The zero-order valence-electron chi connectivity index (χ0n) is 18.6. The summed E-state index contributed by atoms with van der Waals surface area (Å²) in [7, 11) is 2.08. The summed E-state index contributed by atoms with van der Waals surface area (Å²) in [5.41, 5.74) is 3.50. The molecule has 0 bridgehead atoms. The fourth-order valence-corrected chi connectivity index (χ4v) is 5.62. The van der Waals surface area contributed by atoms with Gasteiger partial charge in [-0.1, -0.05) is 65.1 Å². The van der Waals surface area contributed by atoms with Gasteiger partial charge in [0.05, 0.1) is 22.4 Å². The normalized spacial score (nSPS) is 19.5. The third-order valence-electron chi connectivity index (χ3n) is 6.44. The third-order valence-corrected chi connectivity index (χ3v) is 7.18. The lowest BCUT2D eigenvalue weighted by Gasteiger charge is -2.34. The van der Waals surface area contributed by atoms with Gasteiger partial charge in [-0.3, -0.25) is 9.69 Å². The maximum Gasteiger partial charge on any atom is 0.261 e. The Labute approximate surface area is 204 Å². The molecule has 0 aromatic heterocycles. The number of carbonyl (C=O) groups is 1. The molecule has 1 amide bonds. The summed E-state index contributed by atoms with van der Waals surface area (Å²) < 4.78 is 6.67. The Bertz CT molecular complexity index is 911. The Morgan fingerprint density at radius 1 is 1.22 bits per heavy atom. The van der Waals surface area contributed by atoms with E-state index in [0.717, 1.165) is 49.4 Å². The third kappa shape index (κ3) is 5.38. The van der Waals surface area contributed by atoms with Crippen molar-refractivity contribution in [3.8, 4) is 5.75 Å². The molecule has 2 heterocycles. The van der Waals surface area contributed by atoms with Crippen molar-refractivity contribution in [2.75, 3.05) is 49.3 Å². The maximum absolute atomic E-state index is 13.4. The van der Waals surface area contributed by atoms with Gasteiger partial charge >= 0.3 is 0 Å². The Morgan fingerprint density at radius 2 is 2.03 bits per heavy atom. The number of amides is 1. The van der Waals surface area contributed by atoms with Crippen LogP contribution in [0.5, 0.6) is 5.75 Å². The molecule has 0 spiro atoms. The summed E-state index contributed by atoms with van der Waals surface area (Å²) >= 11 is 2.26. The molecular weight excluding hydrogens is 517 g/mol. The molecule has 172 valence electrons. The van der Waals surface area contributed by atoms with Crippen LogP contribution in [0.25, 0.3) is 0 Å². The van der Waals surface area contributed by atoms with Gasteiger partial charge in [-0.15, -0.1) is 0 Å². The molecule has 0 aliphatic carbocycles. The van der Waals surface area contributed by atoms with E-state index in [0.29, 0.717) is 17.6 Å². The van der Waals surface area contributed by atoms with Crippen LogP contribution in [0.2, 0.25) is 0 Å². The van der Waals surface area contributed by atoms with Gasteiger partial charge in [-0.05, 0) is 36.5 Å². The van der Waals surface area contributed by atoms with Crippen LogP contribution in [0.1, 0.15) is 30.0 Å². The molecule has 4 rings (SSSR count). The second-order valence-corrected chi connectivity index (χ2v) is 9.37. The van der Waals surface area contributed by atoms with Gasteiger partial charge in [0.2, 0.25) is 0 Å². The van der Waals surface area contributed by atoms with Crippen molar-refractivity contribution in [3.63, 3.8) is 0 Å². The zero-order valence-corrected chi connectivity index (χ0v) is 20.8. The second-order valence-electron chi connectivity index (χ2n) is 8.69. The molecule has 1 fully saturated rings. The smallest absolute Gasteiger partial charge is 0.261 e. The quantitative estimate of drug-likeness (QED) is 0.311. The molecule has 7 heteroatoms. The summed E-state index contributed by atoms with van der Waals surface area (Å²) in [6, 6.07) is 16.2. The Kier molecular flexibility index (Phi) is 7.91. The molecule has 1 N–H and O–H groups in total. The molecule has 0 saturated carbocycles. The number of hydrogen-bond acceptors (Lipinski definition) is 5. The van der Waals surface area contributed by atoms with Crippen molar-refractivity contribution < 1.29 is 14.6 Å². The number of ether oxygens (including phenoxy) is 1. The SMILES string of the molecule is CN1CCCc2cccc(OCC(=O)N(CI)C(CN3CC[C@H](O)C3)c3ccccc3)c21. The minimum Gasteiger partial charge on any atom is -0.482 e. The van der Waals surface area contributed by atoms with E-state index >= 15 is 0 Å². The highest BCUT2D eigenvalue weighted by Gasteiger charge is 2.30. The van der Waals surface area contributed by atoms with E-state index < -0.39 is 0 Å². The van der Waals surface area contributed by atoms with Crippen LogP contribution < -0.4 is 9.64 Å². The first-order chi connectivity index (χ1) is 15.6. The van der Waals surface area contributed by atoms with Crippen molar-refractivity contribution in [1.29, 1.82) is 0 Å². The topological polar surface area (TPSA) is 56.2 Å². The first-order valence-corrected chi connectivity index (χ1v) is 12.9. The van der Waals surface area contributed by atoms with E-state index in [4.69, 9.17) is 4.74 Å². The molecule has 2 aliphatic rings. The number of halogens is 1.